The maximum atomic E-state index is 12.2. The lowest BCUT2D eigenvalue weighted by Gasteiger charge is -2.23. The van der Waals surface area contributed by atoms with E-state index in [-0.39, 0.29) is 30.2 Å². The van der Waals surface area contributed by atoms with Crippen molar-refractivity contribution in [1.82, 2.24) is 10.2 Å². The molecule has 1 fully saturated rings. The Bertz CT molecular complexity index is 447. The first-order valence-electron chi connectivity index (χ1n) is 6.21. The van der Waals surface area contributed by atoms with Gasteiger partial charge in [0.05, 0.1) is 18.6 Å². The molecule has 1 N–H and O–H groups in total. The lowest BCUT2D eigenvalue weighted by atomic mass is 9.98. The van der Waals surface area contributed by atoms with Gasteiger partial charge in [-0.25, -0.2) is 0 Å². The van der Waals surface area contributed by atoms with E-state index in [2.05, 4.69) is 5.32 Å². The van der Waals surface area contributed by atoms with Crippen LogP contribution in [-0.4, -0.2) is 44.0 Å². The zero-order chi connectivity index (χ0) is 13.8. The highest BCUT2D eigenvalue weighted by Crippen LogP contribution is 2.38. The van der Waals surface area contributed by atoms with Crippen molar-refractivity contribution in [1.29, 1.82) is 0 Å². The quantitative estimate of drug-likeness (QED) is 0.821. The van der Waals surface area contributed by atoms with Gasteiger partial charge in [0, 0.05) is 32.0 Å². The standard InChI is InChI=1S/C13H18N2O3S/c1-15-11(16)8-9(13(17)14-5-6-18-2)12(15)10-4-3-7-19-10/h3-4,7,9,12H,5-6,8H2,1-2H3,(H,14,17)/t9-,12+/m1/s1. The summed E-state index contributed by atoms with van der Waals surface area (Å²) in [4.78, 5) is 26.8. The Morgan fingerprint density at radius 2 is 2.42 bits per heavy atom. The van der Waals surface area contributed by atoms with E-state index in [0.717, 1.165) is 4.88 Å². The third-order valence-electron chi connectivity index (χ3n) is 3.36. The van der Waals surface area contributed by atoms with Gasteiger partial charge in [-0.05, 0) is 11.4 Å². The van der Waals surface area contributed by atoms with E-state index in [1.165, 1.54) is 0 Å². The molecule has 5 nitrogen and oxygen atoms in total. The van der Waals surface area contributed by atoms with Gasteiger partial charge in [-0.2, -0.15) is 0 Å². The second-order valence-electron chi connectivity index (χ2n) is 4.56. The summed E-state index contributed by atoms with van der Waals surface area (Å²) in [5, 5.41) is 4.78. The highest BCUT2D eigenvalue weighted by atomic mass is 32.1. The van der Waals surface area contributed by atoms with Crippen LogP contribution in [0, 0.1) is 5.92 Å². The number of hydrogen-bond acceptors (Lipinski definition) is 4. The number of amides is 2. The average molecular weight is 282 g/mol. The molecule has 19 heavy (non-hydrogen) atoms. The predicted molar refractivity (Wildman–Crippen MR) is 72.8 cm³/mol. The minimum absolute atomic E-state index is 0.0188. The molecule has 1 aliphatic rings. The summed E-state index contributed by atoms with van der Waals surface area (Å²) in [7, 11) is 3.35. The fraction of sp³-hybridized carbons (Fsp3) is 0.538. The largest absolute Gasteiger partial charge is 0.383 e. The summed E-state index contributed by atoms with van der Waals surface area (Å²) < 4.78 is 4.91. The lowest BCUT2D eigenvalue weighted by Crippen LogP contribution is -2.35. The van der Waals surface area contributed by atoms with Gasteiger partial charge in [0.2, 0.25) is 11.8 Å². The van der Waals surface area contributed by atoms with Crippen LogP contribution in [0.15, 0.2) is 17.5 Å². The lowest BCUT2D eigenvalue weighted by molar-refractivity contribution is -0.128. The van der Waals surface area contributed by atoms with Gasteiger partial charge in [-0.1, -0.05) is 6.07 Å². The van der Waals surface area contributed by atoms with Gasteiger partial charge in [-0.3, -0.25) is 9.59 Å². The Kier molecular flexibility index (Phi) is 4.55. The Morgan fingerprint density at radius 3 is 3.05 bits per heavy atom. The summed E-state index contributed by atoms with van der Waals surface area (Å²) in [6.07, 6.45) is 0.276. The van der Waals surface area contributed by atoms with Crippen molar-refractivity contribution >= 4 is 23.2 Å². The normalized spacial score (nSPS) is 22.8. The first-order valence-corrected chi connectivity index (χ1v) is 7.09. The zero-order valence-electron chi connectivity index (χ0n) is 11.1. The number of hydrogen-bond donors (Lipinski definition) is 1. The highest BCUT2D eigenvalue weighted by molar-refractivity contribution is 7.10. The smallest absolute Gasteiger partial charge is 0.226 e. The maximum Gasteiger partial charge on any atom is 0.226 e. The molecular formula is C13H18N2O3S. The molecule has 0 saturated carbocycles. The molecule has 2 heterocycles. The number of nitrogens with zero attached hydrogens (tertiary/aromatic N) is 1. The van der Waals surface area contributed by atoms with Gasteiger partial charge < -0.3 is 15.0 Å². The minimum Gasteiger partial charge on any atom is -0.383 e. The molecule has 1 aromatic heterocycles. The van der Waals surface area contributed by atoms with Crippen LogP contribution < -0.4 is 5.32 Å². The van der Waals surface area contributed by atoms with E-state index in [0.29, 0.717) is 13.2 Å². The Morgan fingerprint density at radius 1 is 1.63 bits per heavy atom. The number of thiophene rings is 1. The van der Waals surface area contributed by atoms with Crippen LogP contribution in [0.25, 0.3) is 0 Å². The second kappa shape index (κ2) is 6.16. The molecule has 0 bridgehead atoms. The first-order chi connectivity index (χ1) is 9.15. The molecular weight excluding hydrogens is 264 g/mol. The van der Waals surface area contributed by atoms with E-state index < -0.39 is 0 Å². The van der Waals surface area contributed by atoms with Crippen LogP contribution in [0.3, 0.4) is 0 Å². The van der Waals surface area contributed by atoms with Crippen molar-refractivity contribution in [2.45, 2.75) is 12.5 Å². The molecule has 1 aromatic rings. The van der Waals surface area contributed by atoms with Gasteiger partial charge in [0.25, 0.3) is 0 Å². The number of carbonyl (C=O) groups excluding carboxylic acids is 2. The summed E-state index contributed by atoms with van der Waals surface area (Å²) in [5.41, 5.74) is 0. The summed E-state index contributed by atoms with van der Waals surface area (Å²) in [6.45, 7) is 0.951. The number of carbonyl (C=O) groups is 2. The van der Waals surface area contributed by atoms with E-state index in [1.54, 1.807) is 30.4 Å². The van der Waals surface area contributed by atoms with Gasteiger partial charge in [0.1, 0.15) is 0 Å². The van der Waals surface area contributed by atoms with Crippen LogP contribution in [-0.2, 0) is 14.3 Å². The summed E-state index contributed by atoms with van der Waals surface area (Å²) >= 11 is 1.58. The number of rotatable bonds is 5. The van der Waals surface area contributed by atoms with Crippen LogP contribution >= 0.6 is 11.3 Å². The summed E-state index contributed by atoms with van der Waals surface area (Å²) in [5.74, 6) is -0.369. The maximum absolute atomic E-state index is 12.2. The van der Waals surface area contributed by atoms with E-state index in [4.69, 9.17) is 4.74 Å². The Labute approximate surface area is 116 Å². The third-order valence-corrected chi connectivity index (χ3v) is 4.31. The van der Waals surface area contributed by atoms with Crippen LogP contribution in [0.2, 0.25) is 0 Å². The SMILES string of the molecule is COCCNC(=O)[C@@H]1CC(=O)N(C)[C@@H]1c1cccs1. The van der Waals surface area contributed by atoms with Gasteiger partial charge in [-0.15, -0.1) is 11.3 Å². The van der Waals surface area contributed by atoms with Crippen molar-refractivity contribution in [3.63, 3.8) is 0 Å². The number of methoxy groups -OCH3 is 1. The van der Waals surface area contributed by atoms with Crippen molar-refractivity contribution < 1.29 is 14.3 Å². The molecule has 0 aliphatic carbocycles. The molecule has 1 saturated heterocycles. The fourth-order valence-electron chi connectivity index (χ4n) is 2.36. The zero-order valence-corrected chi connectivity index (χ0v) is 11.9. The van der Waals surface area contributed by atoms with Crippen molar-refractivity contribution in [3.05, 3.63) is 22.4 Å². The summed E-state index contributed by atoms with van der Waals surface area (Å²) in [6, 6.07) is 3.77. The second-order valence-corrected chi connectivity index (χ2v) is 5.54. The van der Waals surface area contributed by atoms with E-state index in [9.17, 15) is 9.59 Å². The molecule has 104 valence electrons. The molecule has 2 rings (SSSR count). The minimum atomic E-state index is -0.312. The van der Waals surface area contributed by atoms with Crippen molar-refractivity contribution in [3.8, 4) is 0 Å². The number of likely N-dealkylation sites (tertiary alicyclic amines) is 1. The van der Waals surface area contributed by atoms with Crippen molar-refractivity contribution in [2.24, 2.45) is 5.92 Å². The van der Waals surface area contributed by atoms with Crippen LogP contribution in [0.1, 0.15) is 17.3 Å². The van der Waals surface area contributed by atoms with E-state index >= 15 is 0 Å². The molecule has 0 aromatic carbocycles. The molecule has 0 radical (unpaired) electrons. The Balaban J connectivity index is 2.09. The highest BCUT2D eigenvalue weighted by Gasteiger charge is 2.42. The monoisotopic (exact) mass is 282 g/mol. The number of ether oxygens (including phenoxy) is 1. The molecule has 0 spiro atoms. The molecule has 1 aliphatic heterocycles. The molecule has 2 amide bonds. The number of nitrogens with one attached hydrogen (secondary N) is 1. The van der Waals surface area contributed by atoms with Crippen LogP contribution in [0.5, 0.6) is 0 Å². The van der Waals surface area contributed by atoms with Gasteiger partial charge >= 0.3 is 0 Å². The topological polar surface area (TPSA) is 58.6 Å². The molecule has 0 unspecified atom stereocenters. The first kappa shape index (κ1) is 14.0. The van der Waals surface area contributed by atoms with Crippen LogP contribution in [0.4, 0.5) is 0 Å². The molecule has 2 atom stereocenters. The third kappa shape index (κ3) is 2.96. The fourth-order valence-corrected chi connectivity index (χ4v) is 3.29. The predicted octanol–water partition coefficient (Wildman–Crippen LogP) is 1.03. The Hall–Kier alpha value is -1.40. The molecule has 6 heteroatoms. The van der Waals surface area contributed by atoms with Crippen molar-refractivity contribution in [2.75, 3.05) is 27.3 Å². The van der Waals surface area contributed by atoms with E-state index in [1.807, 2.05) is 17.5 Å². The van der Waals surface area contributed by atoms with Gasteiger partial charge in [0.15, 0.2) is 0 Å². The average Bonchev–Trinajstić information content (AvgIpc) is 2.99.